The highest BCUT2D eigenvalue weighted by Crippen LogP contribution is 2.40. The molecule has 0 atom stereocenters. The minimum absolute atomic E-state index is 0.256. The third-order valence-electron chi connectivity index (χ3n) is 4.99. The average Bonchev–Trinajstić information content (AvgIpc) is 2.84. The van der Waals surface area contributed by atoms with Crippen LogP contribution < -0.4 is 0 Å². The zero-order valence-corrected chi connectivity index (χ0v) is 18.4. The van der Waals surface area contributed by atoms with Crippen LogP contribution in [0.1, 0.15) is 23.6 Å². The Bertz CT molecular complexity index is 816. The van der Waals surface area contributed by atoms with Crippen molar-refractivity contribution in [3.8, 4) is 0 Å². The first-order chi connectivity index (χ1) is 15.7. The second-order valence-electron chi connectivity index (χ2n) is 7.19. The maximum absolute atomic E-state index is 10.7. The fourth-order valence-corrected chi connectivity index (χ4v) is 3.59. The fraction of sp³-hybridized carbons (Fsp3) is 0.296. The molecule has 0 aromatic heterocycles. The summed E-state index contributed by atoms with van der Waals surface area (Å²) in [6.07, 6.45) is 0. The summed E-state index contributed by atoms with van der Waals surface area (Å²) in [6.45, 7) is 3.71. The summed E-state index contributed by atoms with van der Waals surface area (Å²) in [5, 5.41) is 0. The molecule has 0 saturated carbocycles. The molecule has 0 heterocycles. The van der Waals surface area contributed by atoms with Crippen molar-refractivity contribution in [2.45, 2.75) is 12.5 Å². The van der Waals surface area contributed by atoms with Gasteiger partial charge in [-0.05, 0) is 16.7 Å². The zero-order valence-electron chi connectivity index (χ0n) is 18.4. The van der Waals surface area contributed by atoms with Crippen molar-refractivity contribution in [3.05, 3.63) is 108 Å². The number of carbonyl (C=O) groups excluding carboxylic acids is 1. The lowest BCUT2D eigenvalue weighted by molar-refractivity contribution is -0.142. The maximum Gasteiger partial charge on any atom is 0.302 e. The highest BCUT2D eigenvalue weighted by atomic mass is 16.6. The van der Waals surface area contributed by atoms with E-state index >= 15 is 0 Å². The Hall–Kier alpha value is -2.99. The number of hydrogen-bond donors (Lipinski definition) is 0. The number of carbonyl (C=O) groups is 1. The van der Waals surface area contributed by atoms with Gasteiger partial charge in [-0.1, -0.05) is 91.0 Å². The summed E-state index contributed by atoms with van der Waals surface area (Å²) in [5.41, 5.74) is 2.44. The van der Waals surface area contributed by atoms with Gasteiger partial charge < -0.3 is 18.9 Å². The van der Waals surface area contributed by atoms with E-state index in [0.717, 1.165) is 16.7 Å². The van der Waals surface area contributed by atoms with E-state index in [0.29, 0.717) is 33.0 Å². The zero-order chi connectivity index (χ0) is 22.5. The van der Waals surface area contributed by atoms with E-state index in [1.54, 1.807) is 0 Å². The van der Waals surface area contributed by atoms with Gasteiger partial charge in [-0.3, -0.25) is 4.79 Å². The topological polar surface area (TPSA) is 54.0 Å². The van der Waals surface area contributed by atoms with Crippen molar-refractivity contribution in [1.82, 2.24) is 0 Å². The van der Waals surface area contributed by atoms with E-state index in [1.807, 2.05) is 54.6 Å². The third-order valence-corrected chi connectivity index (χ3v) is 4.99. The summed E-state index contributed by atoms with van der Waals surface area (Å²) < 4.78 is 22.6. The van der Waals surface area contributed by atoms with Crippen LogP contribution in [0, 0.1) is 0 Å². The molecule has 3 rings (SSSR count). The molecular formula is C27H30O5. The summed E-state index contributed by atoms with van der Waals surface area (Å²) in [7, 11) is 0. The minimum atomic E-state index is -0.742. The molecule has 168 valence electrons. The molecule has 5 nitrogen and oxygen atoms in total. The summed E-state index contributed by atoms with van der Waals surface area (Å²) in [5.74, 6) is -0.305. The van der Waals surface area contributed by atoms with Crippen molar-refractivity contribution in [2.75, 3.05) is 39.6 Å². The van der Waals surface area contributed by atoms with Gasteiger partial charge in [0.05, 0.1) is 33.0 Å². The largest absolute Gasteiger partial charge is 0.463 e. The molecule has 0 saturated heterocycles. The van der Waals surface area contributed by atoms with Crippen molar-refractivity contribution in [2.24, 2.45) is 0 Å². The van der Waals surface area contributed by atoms with Crippen LogP contribution >= 0.6 is 0 Å². The first-order valence-corrected chi connectivity index (χ1v) is 10.8. The van der Waals surface area contributed by atoms with E-state index in [2.05, 4.69) is 36.4 Å². The second-order valence-corrected chi connectivity index (χ2v) is 7.19. The van der Waals surface area contributed by atoms with E-state index in [-0.39, 0.29) is 12.6 Å². The van der Waals surface area contributed by atoms with Crippen molar-refractivity contribution in [1.29, 1.82) is 0 Å². The van der Waals surface area contributed by atoms with Crippen LogP contribution in [0.5, 0.6) is 0 Å². The molecule has 0 aliphatic heterocycles. The standard InChI is InChI=1S/C27H30O5/c1-23(28)31-21-19-29-17-18-30-20-22-32-27(24-11-5-2-6-12-24,25-13-7-3-8-14-25)26-15-9-4-10-16-26/h2-16H,17-22H2,1H3. The number of hydrogen-bond acceptors (Lipinski definition) is 5. The lowest BCUT2D eigenvalue weighted by Gasteiger charge is -2.36. The molecule has 5 heteroatoms. The SMILES string of the molecule is CC(=O)OCCOCCOCCOC(c1ccccc1)(c1ccccc1)c1ccccc1. The normalized spacial score (nSPS) is 11.3. The highest BCUT2D eigenvalue weighted by Gasteiger charge is 2.37. The molecule has 0 bridgehead atoms. The number of benzene rings is 3. The lowest BCUT2D eigenvalue weighted by Crippen LogP contribution is -2.34. The Morgan fingerprint density at radius 2 is 0.969 bits per heavy atom. The molecule has 0 radical (unpaired) electrons. The predicted octanol–water partition coefficient (Wildman–Crippen LogP) is 4.59. The predicted molar refractivity (Wildman–Crippen MR) is 123 cm³/mol. The van der Waals surface area contributed by atoms with Crippen molar-refractivity contribution < 1.29 is 23.7 Å². The average molecular weight is 435 g/mol. The van der Waals surface area contributed by atoms with Crippen LogP contribution in [0.25, 0.3) is 0 Å². The van der Waals surface area contributed by atoms with Crippen molar-refractivity contribution >= 4 is 5.97 Å². The monoisotopic (exact) mass is 434 g/mol. The van der Waals surface area contributed by atoms with Crippen LogP contribution in [0.4, 0.5) is 0 Å². The van der Waals surface area contributed by atoms with Gasteiger partial charge in [0.1, 0.15) is 12.2 Å². The van der Waals surface area contributed by atoms with Crippen LogP contribution in [0.3, 0.4) is 0 Å². The molecule has 32 heavy (non-hydrogen) atoms. The fourth-order valence-electron chi connectivity index (χ4n) is 3.59. The second kappa shape index (κ2) is 12.8. The summed E-state index contributed by atoms with van der Waals surface area (Å²) in [6, 6.07) is 30.8. The molecule has 0 unspecified atom stereocenters. The van der Waals surface area contributed by atoms with E-state index in [9.17, 15) is 4.79 Å². The molecular weight excluding hydrogens is 404 g/mol. The Morgan fingerprint density at radius 1 is 0.594 bits per heavy atom. The van der Waals surface area contributed by atoms with Crippen LogP contribution in [-0.2, 0) is 29.3 Å². The number of esters is 1. The van der Waals surface area contributed by atoms with Gasteiger partial charge >= 0.3 is 5.97 Å². The molecule has 0 aliphatic rings. The molecule has 3 aromatic carbocycles. The van der Waals surface area contributed by atoms with Gasteiger partial charge in [-0.25, -0.2) is 0 Å². The number of rotatable bonds is 13. The summed E-state index contributed by atoms with van der Waals surface area (Å²) in [4.78, 5) is 10.7. The lowest BCUT2D eigenvalue weighted by atomic mass is 9.80. The minimum Gasteiger partial charge on any atom is -0.463 e. The quantitative estimate of drug-likeness (QED) is 0.224. The van der Waals surface area contributed by atoms with Gasteiger partial charge in [-0.2, -0.15) is 0 Å². The Kier molecular flexibility index (Phi) is 9.44. The molecule has 0 N–H and O–H groups in total. The van der Waals surface area contributed by atoms with Crippen LogP contribution in [0.2, 0.25) is 0 Å². The van der Waals surface area contributed by atoms with Gasteiger partial charge in [0.15, 0.2) is 0 Å². The highest BCUT2D eigenvalue weighted by molar-refractivity contribution is 5.65. The molecule has 0 aliphatic carbocycles. The Morgan fingerprint density at radius 3 is 1.38 bits per heavy atom. The third kappa shape index (κ3) is 6.50. The molecule has 3 aromatic rings. The van der Waals surface area contributed by atoms with Crippen LogP contribution in [0.15, 0.2) is 91.0 Å². The first kappa shape index (κ1) is 23.7. The number of ether oxygens (including phenoxy) is 4. The smallest absolute Gasteiger partial charge is 0.302 e. The van der Waals surface area contributed by atoms with Gasteiger partial charge in [0.2, 0.25) is 0 Å². The maximum atomic E-state index is 10.7. The first-order valence-electron chi connectivity index (χ1n) is 10.8. The molecule has 0 amide bonds. The molecule has 0 spiro atoms. The summed E-state index contributed by atoms with van der Waals surface area (Å²) >= 11 is 0. The van der Waals surface area contributed by atoms with Crippen molar-refractivity contribution in [3.63, 3.8) is 0 Å². The van der Waals surface area contributed by atoms with E-state index < -0.39 is 5.60 Å². The van der Waals surface area contributed by atoms with Gasteiger partial charge in [0.25, 0.3) is 0 Å². The van der Waals surface area contributed by atoms with Crippen LogP contribution in [-0.4, -0.2) is 45.6 Å². The van der Waals surface area contributed by atoms with Gasteiger partial charge in [0, 0.05) is 6.92 Å². The molecule has 0 fully saturated rings. The van der Waals surface area contributed by atoms with Gasteiger partial charge in [-0.15, -0.1) is 0 Å². The van der Waals surface area contributed by atoms with E-state index in [4.69, 9.17) is 18.9 Å². The Labute approximate surface area is 189 Å². The van der Waals surface area contributed by atoms with E-state index in [1.165, 1.54) is 6.92 Å². The Balaban J connectivity index is 1.66.